The maximum absolute atomic E-state index is 12.3. The zero-order chi connectivity index (χ0) is 25.7. The first-order valence-electron chi connectivity index (χ1n) is 15.3. The van der Waals surface area contributed by atoms with Crippen LogP contribution in [0.4, 0.5) is 0 Å². The Morgan fingerprint density at radius 2 is 1.86 bits per heavy atom. The molecule has 4 aliphatic rings. The molecule has 0 N–H and O–H groups in total. The van der Waals surface area contributed by atoms with Gasteiger partial charge in [-0.2, -0.15) is 0 Å². The summed E-state index contributed by atoms with van der Waals surface area (Å²) in [7, 11) is 0. The van der Waals surface area contributed by atoms with Crippen molar-refractivity contribution in [3.8, 4) is 0 Å². The van der Waals surface area contributed by atoms with Crippen LogP contribution in [0.5, 0.6) is 0 Å². The van der Waals surface area contributed by atoms with E-state index in [0.717, 1.165) is 52.9 Å². The highest BCUT2D eigenvalue weighted by molar-refractivity contribution is 5.91. The van der Waals surface area contributed by atoms with Gasteiger partial charge >= 0.3 is 5.63 Å². The predicted octanol–water partition coefficient (Wildman–Crippen LogP) is 9.44. The van der Waals surface area contributed by atoms with Gasteiger partial charge in [-0.15, -0.1) is 0 Å². The summed E-state index contributed by atoms with van der Waals surface area (Å²) in [6.07, 6.45) is 18.6. The van der Waals surface area contributed by atoms with Gasteiger partial charge in [-0.25, -0.2) is 4.79 Å². The number of para-hydroxylation sites is 1. The molecule has 2 fully saturated rings. The maximum Gasteiger partial charge on any atom is 0.336 e. The lowest BCUT2D eigenvalue weighted by atomic mass is 9.51. The lowest BCUT2D eigenvalue weighted by Gasteiger charge is -2.54. The highest BCUT2D eigenvalue weighted by Crippen LogP contribution is 2.64. The number of fused-ring (bicyclic) bond motifs is 6. The van der Waals surface area contributed by atoms with Crippen molar-refractivity contribution < 1.29 is 4.42 Å². The maximum atomic E-state index is 12.3. The summed E-state index contributed by atoms with van der Waals surface area (Å²) < 4.78 is 5.48. The van der Waals surface area contributed by atoms with Crippen LogP contribution in [0.3, 0.4) is 0 Å². The topological polar surface area (TPSA) is 30.2 Å². The minimum absolute atomic E-state index is 0.241. The summed E-state index contributed by atoms with van der Waals surface area (Å²) in [6, 6.07) is 9.71. The fraction of sp³-hybridized carbons (Fsp3) is 0.629. The largest absolute Gasteiger partial charge is 0.423 e. The first-order chi connectivity index (χ1) is 17.8. The van der Waals surface area contributed by atoms with Crippen LogP contribution in [0, 0.1) is 46.8 Å². The lowest BCUT2D eigenvalue weighted by Crippen LogP contribution is -2.46. The minimum Gasteiger partial charge on any atom is -0.423 e. The summed E-state index contributed by atoms with van der Waals surface area (Å²) >= 11 is 0. The Labute approximate surface area is 223 Å². The van der Waals surface area contributed by atoms with Crippen molar-refractivity contribution in [1.82, 2.24) is 0 Å². The zero-order valence-corrected chi connectivity index (χ0v) is 23.5. The van der Waals surface area contributed by atoms with E-state index in [-0.39, 0.29) is 5.63 Å². The normalized spacial score (nSPS) is 33.9. The zero-order valence-electron chi connectivity index (χ0n) is 23.5. The van der Waals surface area contributed by atoms with E-state index < -0.39 is 0 Å². The van der Waals surface area contributed by atoms with Gasteiger partial charge in [0.15, 0.2) is 0 Å². The standard InChI is InChI=1S/C35H46O2/c1-22(2)8-7-9-23(3)31-16-17-32-28-15-13-24-20-25(12-14-26(24)27(28)18-19-35(31,32)4)30-21-34(36)37-33-11-6-5-10-29(30)33/h5-6,10-11,13,20-23,26-28,31-32H,7-9,12,14-19H2,1-4H3. The van der Waals surface area contributed by atoms with Crippen molar-refractivity contribution in [1.29, 1.82) is 0 Å². The van der Waals surface area contributed by atoms with Gasteiger partial charge in [-0.05, 0) is 115 Å². The Morgan fingerprint density at radius 1 is 1.03 bits per heavy atom. The van der Waals surface area contributed by atoms with Gasteiger partial charge in [-0.1, -0.05) is 77.3 Å². The van der Waals surface area contributed by atoms with Crippen molar-refractivity contribution >= 4 is 16.5 Å². The third kappa shape index (κ3) is 4.47. The third-order valence-electron chi connectivity index (χ3n) is 11.3. The highest BCUT2D eigenvalue weighted by atomic mass is 16.4. The van der Waals surface area contributed by atoms with Crippen molar-refractivity contribution in [2.45, 2.75) is 91.9 Å². The van der Waals surface area contributed by atoms with E-state index in [2.05, 4.69) is 45.9 Å². The van der Waals surface area contributed by atoms with Crippen molar-refractivity contribution in [3.05, 3.63) is 64.0 Å². The molecule has 0 amide bonds. The molecule has 37 heavy (non-hydrogen) atoms. The van der Waals surface area contributed by atoms with Crippen molar-refractivity contribution in [2.75, 3.05) is 0 Å². The second-order valence-electron chi connectivity index (χ2n) is 13.7. The van der Waals surface area contributed by atoms with Gasteiger partial charge in [-0.3, -0.25) is 0 Å². The van der Waals surface area contributed by atoms with Crippen LogP contribution in [0.25, 0.3) is 16.5 Å². The molecule has 198 valence electrons. The van der Waals surface area contributed by atoms with Crippen LogP contribution in [-0.4, -0.2) is 0 Å². The number of allylic oxidation sites excluding steroid dienone is 4. The van der Waals surface area contributed by atoms with Crippen LogP contribution in [0.15, 0.2) is 57.3 Å². The molecule has 0 saturated heterocycles. The summed E-state index contributed by atoms with van der Waals surface area (Å²) in [6.45, 7) is 10.00. The molecule has 2 heteroatoms. The number of benzene rings is 1. The SMILES string of the molecule is CC(C)CCCC(C)C1CCC2C3CC=C4C=C(c5cc(=O)oc6ccccc56)CCC4C3CCC12C. The molecule has 2 aromatic rings. The van der Waals surface area contributed by atoms with E-state index in [1.54, 1.807) is 11.6 Å². The summed E-state index contributed by atoms with van der Waals surface area (Å²) in [4.78, 5) is 12.3. The Morgan fingerprint density at radius 3 is 2.70 bits per heavy atom. The fourth-order valence-electron chi connectivity index (χ4n) is 9.57. The Bertz CT molecular complexity index is 1260. The second-order valence-corrected chi connectivity index (χ2v) is 13.7. The molecule has 1 heterocycles. The molecule has 4 aliphatic carbocycles. The molecule has 1 aromatic heterocycles. The first kappa shape index (κ1) is 25.2. The monoisotopic (exact) mass is 498 g/mol. The quantitative estimate of drug-likeness (QED) is 0.371. The molecule has 2 saturated carbocycles. The molecule has 2 nitrogen and oxygen atoms in total. The number of hydrogen-bond acceptors (Lipinski definition) is 2. The predicted molar refractivity (Wildman–Crippen MR) is 154 cm³/mol. The molecule has 0 bridgehead atoms. The molecule has 0 radical (unpaired) electrons. The van der Waals surface area contributed by atoms with E-state index >= 15 is 0 Å². The van der Waals surface area contributed by atoms with Crippen LogP contribution < -0.4 is 5.63 Å². The fourth-order valence-corrected chi connectivity index (χ4v) is 9.57. The molecule has 7 atom stereocenters. The molecular formula is C35H46O2. The van der Waals surface area contributed by atoms with E-state index in [9.17, 15) is 4.79 Å². The van der Waals surface area contributed by atoms with Gasteiger partial charge in [0.05, 0.1) is 0 Å². The summed E-state index contributed by atoms with van der Waals surface area (Å²) in [5, 5.41) is 1.06. The van der Waals surface area contributed by atoms with E-state index in [1.807, 2.05) is 18.2 Å². The minimum atomic E-state index is -0.241. The smallest absolute Gasteiger partial charge is 0.336 e. The number of rotatable bonds is 6. The van der Waals surface area contributed by atoms with E-state index in [0.29, 0.717) is 16.9 Å². The van der Waals surface area contributed by atoms with Crippen LogP contribution in [0.2, 0.25) is 0 Å². The second kappa shape index (κ2) is 9.90. The van der Waals surface area contributed by atoms with Gasteiger partial charge < -0.3 is 4.42 Å². The first-order valence-corrected chi connectivity index (χ1v) is 15.3. The Kier molecular flexibility index (Phi) is 6.74. The van der Waals surface area contributed by atoms with Crippen LogP contribution >= 0.6 is 0 Å². The van der Waals surface area contributed by atoms with Gasteiger partial charge in [0.1, 0.15) is 5.58 Å². The van der Waals surface area contributed by atoms with Gasteiger partial charge in [0.25, 0.3) is 0 Å². The molecule has 6 rings (SSSR count). The Balaban J connectivity index is 1.23. The van der Waals surface area contributed by atoms with Crippen molar-refractivity contribution in [3.63, 3.8) is 0 Å². The molecule has 0 spiro atoms. The lowest BCUT2D eigenvalue weighted by molar-refractivity contribution is -0.0218. The molecule has 1 aromatic carbocycles. The molecule has 7 unspecified atom stereocenters. The summed E-state index contributed by atoms with van der Waals surface area (Å²) in [5.74, 6) is 5.98. The van der Waals surface area contributed by atoms with Gasteiger partial charge in [0.2, 0.25) is 0 Å². The van der Waals surface area contributed by atoms with Gasteiger partial charge in [0, 0.05) is 11.5 Å². The number of hydrogen-bond donors (Lipinski definition) is 0. The van der Waals surface area contributed by atoms with E-state index in [4.69, 9.17) is 4.42 Å². The average Bonchev–Trinajstić information content (AvgIpc) is 3.24. The van der Waals surface area contributed by atoms with Crippen LogP contribution in [-0.2, 0) is 0 Å². The van der Waals surface area contributed by atoms with E-state index in [1.165, 1.54) is 63.4 Å². The Hall–Kier alpha value is -2.09. The summed E-state index contributed by atoms with van der Waals surface area (Å²) in [5.41, 5.74) is 4.97. The third-order valence-corrected chi connectivity index (χ3v) is 11.3. The molecular weight excluding hydrogens is 452 g/mol. The van der Waals surface area contributed by atoms with Crippen molar-refractivity contribution in [2.24, 2.45) is 46.8 Å². The average molecular weight is 499 g/mol. The molecule has 0 aliphatic heterocycles. The highest BCUT2D eigenvalue weighted by Gasteiger charge is 2.56. The van der Waals surface area contributed by atoms with Crippen LogP contribution in [0.1, 0.15) is 97.5 Å².